The largest absolute Gasteiger partial charge is 0.507 e. The lowest BCUT2D eigenvalue weighted by molar-refractivity contribution is -0.149. The summed E-state index contributed by atoms with van der Waals surface area (Å²) in [6, 6.07) is 28.2. The van der Waals surface area contributed by atoms with Gasteiger partial charge in [-0.25, -0.2) is 0 Å². The highest BCUT2D eigenvalue weighted by Crippen LogP contribution is 2.37. The van der Waals surface area contributed by atoms with Gasteiger partial charge in [0.1, 0.15) is 11.9 Å². The summed E-state index contributed by atoms with van der Waals surface area (Å²) < 4.78 is 5.69. The number of ether oxygens (including phenoxy) is 1. The number of carbonyl (C=O) groups excluding carboxylic acids is 1. The molecule has 0 bridgehead atoms. The molecule has 1 heterocycles. The van der Waals surface area contributed by atoms with Crippen LogP contribution in [0.5, 0.6) is 5.75 Å². The maximum atomic E-state index is 13.1. The second kappa shape index (κ2) is 11.6. The van der Waals surface area contributed by atoms with Crippen LogP contribution < -0.4 is 5.56 Å². The summed E-state index contributed by atoms with van der Waals surface area (Å²) >= 11 is 6.65. The molecule has 41 heavy (non-hydrogen) atoms. The van der Waals surface area contributed by atoms with E-state index in [1.165, 1.54) is 6.42 Å². The van der Waals surface area contributed by atoms with E-state index >= 15 is 0 Å². The molecule has 0 unspecified atom stereocenters. The second-order valence-corrected chi connectivity index (χ2v) is 11.1. The first-order chi connectivity index (χ1) is 19.9. The van der Waals surface area contributed by atoms with Crippen molar-refractivity contribution in [2.24, 2.45) is 0 Å². The molecule has 1 aliphatic carbocycles. The van der Waals surface area contributed by atoms with Crippen molar-refractivity contribution in [2.75, 3.05) is 0 Å². The highest BCUT2D eigenvalue weighted by atomic mass is 35.5. The number of aromatic amines is 1. The zero-order valence-corrected chi connectivity index (χ0v) is 23.3. The number of hydrogen-bond acceptors (Lipinski definition) is 4. The molecule has 206 valence electrons. The van der Waals surface area contributed by atoms with Crippen LogP contribution in [-0.2, 0) is 16.0 Å². The molecule has 0 spiro atoms. The van der Waals surface area contributed by atoms with Crippen LogP contribution in [0.1, 0.15) is 37.7 Å². The third kappa shape index (κ3) is 5.91. The van der Waals surface area contributed by atoms with Crippen molar-refractivity contribution >= 4 is 28.5 Å². The van der Waals surface area contributed by atoms with Crippen molar-refractivity contribution in [3.05, 3.63) is 112 Å². The van der Waals surface area contributed by atoms with Gasteiger partial charge in [-0.2, -0.15) is 0 Å². The highest BCUT2D eigenvalue weighted by molar-refractivity contribution is 6.34. The third-order valence-electron chi connectivity index (χ3n) is 7.76. The van der Waals surface area contributed by atoms with Gasteiger partial charge in [-0.1, -0.05) is 84.8 Å². The topological polar surface area (TPSA) is 79.4 Å². The van der Waals surface area contributed by atoms with Crippen molar-refractivity contribution in [1.29, 1.82) is 0 Å². The minimum Gasteiger partial charge on any atom is -0.507 e. The number of carbonyl (C=O) groups is 1. The molecule has 6 rings (SSSR count). The molecule has 1 fully saturated rings. The van der Waals surface area contributed by atoms with E-state index in [4.69, 9.17) is 16.3 Å². The van der Waals surface area contributed by atoms with Crippen LogP contribution in [0.25, 0.3) is 44.3 Å². The fourth-order valence-electron chi connectivity index (χ4n) is 5.65. The number of esters is 1. The van der Waals surface area contributed by atoms with Crippen molar-refractivity contribution in [3.8, 4) is 39.1 Å². The minimum absolute atomic E-state index is 0.0141. The van der Waals surface area contributed by atoms with Gasteiger partial charge in [0.25, 0.3) is 5.56 Å². The second-order valence-electron chi connectivity index (χ2n) is 10.7. The van der Waals surface area contributed by atoms with Gasteiger partial charge in [-0.05, 0) is 77.6 Å². The van der Waals surface area contributed by atoms with Crippen LogP contribution in [-0.4, -0.2) is 22.2 Å². The maximum absolute atomic E-state index is 13.1. The molecular formula is C35H30ClNO4. The molecule has 0 atom stereocenters. The van der Waals surface area contributed by atoms with E-state index < -0.39 is 0 Å². The third-order valence-corrected chi connectivity index (χ3v) is 8.07. The van der Waals surface area contributed by atoms with Crippen LogP contribution in [0.15, 0.2) is 95.8 Å². The first-order valence-electron chi connectivity index (χ1n) is 14.0. The predicted octanol–water partition coefficient (Wildman–Crippen LogP) is 8.31. The average molecular weight is 564 g/mol. The fraction of sp³-hybridized carbons (Fsp3) is 0.200. The Bertz CT molecular complexity index is 1790. The maximum Gasteiger partial charge on any atom is 0.310 e. The van der Waals surface area contributed by atoms with Gasteiger partial charge in [-0.15, -0.1) is 0 Å². The number of phenolic OH excluding ortho intramolecular Hbond substituents is 1. The molecule has 1 aliphatic rings. The Labute approximate surface area is 243 Å². The number of benzene rings is 4. The number of fused-ring (bicyclic) bond motifs is 1. The molecule has 2 N–H and O–H groups in total. The van der Waals surface area contributed by atoms with Crippen LogP contribution in [0.4, 0.5) is 0 Å². The quantitative estimate of drug-likeness (QED) is 0.204. The minimum atomic E-state index is -0.242. The zero-order valence-electron chi connectivity index (χ0n) is 22.5. The van der Waals surface area contributed by atoms with E-state index in [-0.39, 0.29) is 29.8 Å². The van der Waals surface area contributed by atoms with Crippen LogP contribution in [0, 0.1) is 0 Å². The van der Waals surface area contributed by atoms with E-state index in [0.29, 0.717) is 16.1 Å². The summed E-state index contributed by atoms with van der Waals surface area (Å²) in [7, 11) is 0. The molecule has 0 aliphatic heterocycles. The van der Waals surface area contributed by atoms with Crippen LogP contribution in [0.2, 0.25) is 5.02 Å². The van der Waals surface area contributed by atoms with Gasteiger partial charge >= 0.3 is 5.97 Å². The normalized spacial score (nSPS) is 13.8. The first-order valence-corrected chi connectivity index (χ1v) is 14.4. The van der Waals surface area contributed by atoms with Gasteiger partial charge in [0, 0.05) is 22.2 Å². The van der Waals surface area contributed by atoms with Crippen molar-refractivity contribution in [3.63, 3.8) is 0 Å². The summed E-state index contributed by atoms with van der Waals surface area (Å²) in [4.78, 5) is 28.6. The first kappa shape index (κ1) is 26.9. The lowest BCUT2D eigenvalue weighted by Gasteiger charge is -2.21. The predicted molar refractivity (Wildman–Crippen MR) is 164 cm³/mol. The van der Waals surface area contributed by atoms with Gasteiger partial charge in [-0.3, -0.25) is 9.59 Å². The number of H-pyrrole nitrogens is 1. The summed E-state index contributed by atoms with van der Waals surface area (Å²) in [6.07, 6.45) is 5.45. The number of rotatable bonds is 6. The van der Waals surface area contributed by atoms with Crippen molar-refractivity contribution < 1.29 is 14.6 Å². The zero-order chi connectivity index (χ0) is 28.3. The Hall–Kier alpha value is -4.35. The highest BCUT2D eigenvalue weighted by Gasteiger charge is 2.18. The summed E-state index contributed by atoms with van der Waals surface area (Å²) in [5.41, 5.74) is 5.55. The van der Waals surface area contributed by atoms with Crippen LogP contribution in [0.3, 0.4) is 0 Å². The summed E-state index contributed by atoms with van der Waals surface area (Å²) in [6.45, 7) is 0. The number of aromatic nitrogens is 1. The molecule has 1 saturated carbocycles. The number of pyridine rings is 1. The number of aromatic hydroxyl groups is 1. The molecule has 0 saturated heterocycles. The van der Waals surface area contributed by atoms with Crippen molar-refractivity contribution in [2.45, 2.75) is 44.6 Å². The molecule has 5 nitrogen and oxygen atoms in total. The van der Waals surface area contributed by atoms with E-state index in [1.807, 2.05) is 78.9 Å². The number of halogens is 1. The van der Waals surface area contributed by atoms with Crippen molar-refractivity contribution in [1.82, 2.24) is 4.98 Å². The summed E-state index contributed by atoms with van der Waals surface area (Å²) in [5.74, 6) is -0.0758. The van der Waals surface area contributed by atoms with Gasteiger partial charge in [0.15, 0.2) is 0 Å². The SMILES string of the molecule is O=C(Cc1cccc(-c2cc3cc(-c4ccc(-c5ccccc5)c(O)c4)c(Cl)cc3[nH]c2=O)c1)OC1CCCCC1. The van der Waals surface area contributed by atoms with E-state index in [1.54, 1.807) is 12.1 Å². The lowest BCUT2D eigenvalue weighted by atomic mass is 9.97. The Morgan fingerprint density at radius 2 is 1.54 bits per heavy atom. The smallest absolute Gasteiger partial charge is 0.310 e. The molecular weight excluding hydrogens is 534 g/mol. The molecule has 5 aromatic rings. The molecule has 0 radical (unpaired) electrons. The molecule has 4 aromatic carbocycles. The Kier molecular flexibility index (Phi) is 7.62. The van der Waals surface area contributed by atoms with Gasteiger partial charge in [0.2, 0.25) is 0 Å². The van der Waals surface area contributed by atoms with E-state index in [2.05, 4.69) is 4.98 Å². The Morgan fingerprint density at radius 3 is 2.32 bits per heavy atom. The lowest BCUT2D eigenvalue weighted by Crippen LogP contribution is -2.21. The molecule has 0 amide bonds. The Balaban J connectivity index is 1.30. The number of hydrogen-bond donors (Lipinski definition) is 2. The van der Waals surface area contributed by atoms with E-state index in [9.17, 15) is 14.7 Å². The number of phenols is 1. The number of nitrogens with one attached hydrogen (secondary N) is 1. The summed E-state index contributed by atoms with van der Waals surface area (Å²) in [5, 5.41) is 12.1. The van der Waals surface area contributed by atoms with Gasteiger partial charge in [0.05, 0.1) is 11.4 Å². The monoisotopic (exact) mass is 563 g/mol. The van der Waals surface area contributed by atoms with E-state index in [0.717, 1.165) is 64.5 Å². The van der Waals surface area contributed by atoms with Gasteiger partial charge < -0.3 is 14.8 Å². The molecule has 6 heteroatoms. The Morgan fingerprint density at radius 1 is 0.805 bits per heavy atom. The van der Waals surface area contributed by atoms with Crippen LogP contribution >= 0.6 is 11.6 Å². The molecule has 1 aromatic heterocycles. The average Bonchev–Trinajstić information content (AvgIpc) is 2.97. The standard InChI is InChI=1S/C35H30ClNO4/c36-31-21-32-26(18-29(31)25-14-15-28(33(38)20-25)23-9-3-1-4-10-23)19-30(35(40)37-32)24-11-7-8-22(16-24)17-34(39)41-27-12-5-2-6-13-27/h1,3-4,7-11,14-16,18-21,27,38H,2,5-6,12-13,17H2,(H,37,40). The fourth-order valence-corrected chi connectivity index (χ4v) is 5.92.